The molecule has 0 rings (SSSR count). The van der Waals surface area contributed by atoms with Crippen molar-refractivity contribution in [3.05, 3.63) is 24.3 Å². The van der Waals surface area contributed by atoms with E-state index in [0.29, 0.717) is 17.4 Å². The van der Waals surface area contributed by atoms with Crippen LogP contribution in [0.4, 0.5) is 0 Å². The lowest BCUT2D eigenvalue weighted by molar-refractivity contribution is -0.870. The molecule has 9 nitrogen and oxygen atoms in total. The summed E-state index contributed by atoms with van der Waals surface area (Å²) in [6.45, 7) is 4.53. The summed E-state index contributed by atoms with van der Waals surface area (Å²) in [5, 5.41) is 0. The normalized spacial score (nSPS) is 13.0. The van der Waals surface area contributed by atoms with Crippen molar-refractivity contribution >= 4 is 19.8 Å². The second-order valence-electron chi connectivity index (χ2n) is 30.9. The van der Waals surface area contributed by atoms with Crippen LogP contribution in [0.5, 0.6) is 0 Å². The molecule has 0 fully saturated rings. The zero-order chi connectivity index (χ0) is 69.7. The average Bonchev–Trinajstić information content (AvgIpc) is 2.54. The van der Waals surface area contributed by atoms with Crippen molar-refractivity contribution in [3.8, 4) is 0 Å². The van der Waals surface area contributed by atoms with Crippen molar-refractivity contribution in [1.82, 2.24) is 0 Å². The number of carbonyl (C=O) groups excluding carboxylic acids is 2. The van der Waals surface area contributed by atoms with E-state index in [1.807, 2.05) is 21.1 Å². The Balaban J connectivity index is 3.84. The molecule has 10 heteroatoms. The molecule has 0 saturated heterocycles. The smallest absolute Gasteiger partial charge is 0.462 e. The van der Waals surface area contributed by atoms with E-state index in [1.54, 1.807) is 0 Å². The SMILES string of the molecule is CCCCCCCCCC/C=C\CCCCCCCCCCCCCCCCCCCCCCCCCCCCCCCC(=O)OC(COC(=O)CCCCCCCCCCCCCCCCCCCCC/C=C\CCCCCCCCCC)COP(=O)(O)OCC[N+](C)(C)C. The number of hydrogen-bond acceptors (Lipinski definition) is 7. The highest BCUT2D eigenvalue weighted by molar-refractivity contribution is 7.47. The molecule has 0 aliphatic heterocycles. The number of rotatable bonds is 82. The monoisotopic (exact) mass is 1380 g/mol. The lowest BCUT2D eigenvalue weighted by Gasteiger charge is -2.24. The zero-order valence-electron chi connectivity index (χ0n) is 65.4. The van der Waals surface area contributed by atoms with E-state index in [0.717, 1.165) is 38.5 Å². The summed E-state index contributed by atoms with van der Waals surface area (Å²) in [5.74, 6) is -0.767. The summed E-state index contributed by atoms with van der Waals surface area (Å²) in [5.41, 5.74) is 0. The molecule has 0 spiro atoms. The van der Waals surface area contributed by atoms with E-state index < -0.39 is 26.5 Å². The first-order chi connectivity index (χ1) is 47.0. The summed E-state index contributed by atoms with van der Waals surface area (Å²) >= 11 is 0. The Kier molecular flexibility index (Phi) is 76.4. The molecule has 0 radical (unpaired) electrons. The van der Waals surface area contributed by atoms with Gasteiger partial charge in [0.15, 0.2) is 6.10 Å². The number of quaternary nitrogens is 1. The highest BCUT2D eigenvalue weighted by atomic mass is 31.2. The van der Waals surface area contributed by atoms with Crippen molar-refractivity contribution in [3.63, 3.8) is 0 Å². The van der Waals surface area contributed by atoms with Gasteiger partial charge in [-0.05, 0) is 64.2 Å². The maximum atomic E-state index is 12.9. The third kappa shape index (κ3) is 81.5. The Morgan fingerprint density at radius 2 is 0.531 bits per heavy atom. The quantitative estimate of drug-likeness (QED) is 0.0211. The van der Waals surface area contributed by atoms with Gasteiger partial charge in [0.25, 0.3) is 0 Å². The highest BCUT2D eigenvalue weighted by Crippen LogP contribution is 2.43. The Bertz CT molecular complexity index is 1660. The number of likely N-dealkylation sites (N-methyl/N-ethyl adjacent to an activating group) is 1. The summed E-state index contributed by atoms with van der Waals surface area (Å²) in [6.07, 6.45) is 101. The maximum absolute atomic E-state index is 12.9. The average molecular weight is 1380 g/mol. The van der Waals surface area contributed by atoms with Crippen LogP contribution in [0.25, 0.3) is 0 Å². The number of carbonyl (C=O) groups is 2. The Labute approximate surface area is 599 Å². The van der Waals surface area contributed by atoms with Crippen molar-refractivity contribution in [2.75, 3.05) is 47.5 Å². The molecule has 1 N–H and O–H groups in total. The third-order valence-electron chi connectivity index (χ3n) is 20.0. The van der Waals surface area contributed by atoms with Crippen LogP contribution in [0, 0.1) is 0 Å². The van der Waals surface area contributed by atoms with Crippen molar-refractivity contribution in [2.45, 2.75) is 469 Å². The predicted molar refractivity (Wildman–Crippen MR) is 418 cm³/mol. The Morgan fingerprint density at radius 1 is 0.312 bits per heavy atom. The first-order valence-corrected chi connectivity index (χ1v) is 44.6. The molecule has 0 amide bonds. The second-order valence-corrected chi connectivity index (χ2v) is 32.4. The van der Waals surface area contributed by atoms with Crippen LogP contribution in [-0.4, -0.2) is 74.9 Å². The summed E-state index contributed by atoms with van der Waals surface area (Å²) in [7, 11) is 1.51. The standard InChI is InChI=1S/C86H168NO8P/c1-6-8-10-12-14-16-18-20-22-24-26-28-30-32-34-36-38-39-40-41-42-43-44-45-46-47-49-51-53-55-57-59-61-63-65-67-69-71-73-75-77-79-86(89)95-84(83-94-96(90,91)93-81-80-87(3,4)5)82-92-85(88)78-76-74-72-70-68-66-64-62-60-58-56-54-52-50-48-37-35-33-31-29-27-25-23-21-19-17-15-13-11-9-7-2/h24-27,84H,6-23,28-83H2,1-5H3/p+1/b26-24-,27-25-. The number of phosphoric ester groups is 1. The van der Waals surface area contributed by atoms with E-state index >= 15 is 0 Å². The predicted octanol–water partition coefficient (Wildman–Crippen LogP) is 28.7. The lowest BCUT2D eigenvalue weighted by atomic mass is 10.0. The van der Waals surface area contributed by atoms with Crippen molar-refractivity contribution < 1.29 is 42.1 Å². The summed E-state index contributed by atoms with van der Waals surface area (Å²) in [4.78, 5) is 36.0. The maximum Gasteiger partial charge on any atom is 0.472 e. The fraction of sp³-hybridized carbons (Fsp3) is 0.930. The van der Waals surface area contributed by atoms with Gasteiger partial charge in [0, 0.05) is 12.8 Å². The first kappa shape index (κ1) is 94.5. The fourth-order valence-corrected chi connectivity index (χ4v) is 14.1. The van der Waals surface area contributed by atoms with Crippen molar-refractivity contribution in [1.29, 1.82) is 0 Å². The largest absolute Gasteiger partial charge is 0.472 e. The molecule has 0 aliphatic rings. The Hall–Kier alpha value is -1.51. The van der Waals surface area contributed by atoms with Gasteiger partial charge in [0.05, 0.1) is 27.7 Å². The van der Waals surface area contributed by atoms with E-state index in [4.69, 9.17) is 18.5 Å². The van der Waals surface area contributed by atoms with E-state index in [9.17, 15) is 19.0 Å². The first-order valence-electron chi connectivity index (χ1n) is 43.1. The van der Waals surface area contributed by atoms with Crippen LogP contribution in [0.3, 0.4) is 0 Å². The van der Waals surface area contributed by atoms with Crippen LogP contribution in [0.1, 0.15) is 463 Å². The molecule has 96 heavy (non-hydrogen) atoms. The van der Waals surface area contributed by atoms with Gasteiger partial charge in [-0.25, -0.2) is 4.57 Å². The molecular weight excluding hydrogens is 1210 g/mol. The summed E-state index contributed by atoms with van der Waals surface area (Å²) in [6, 6.07) is 0. The van der Waals surface area contributed by atoms with Crippen LogP contribution < -0.4 is 0 Å². The molecule has 0 aromatic rings. The van der Waals surface area contributed by atoms with Crippen molar-refractivity contribution in [2.24, 2.45) is 0 Å². The molecule has 2 atom stereocenters. The van der Waals surface area contributed by atoms with E-state index in [2.05, 4.69) is 38.2 Å². The topological polar surface area (TPSA) is 108 Å². The number of phosphoric acid groups is 1. The van der Waals surface area contributed by atoms with Crippen LogP contribution in [0.15, 0.2) is 24.3 Å². The van der Waals surface area contributed by atoms with Crippen LogP contribution in [0.2, 0.25) is 0 Å². The van der Waals surface area contributed by atoms with Crippen LogP contribution in [-0.2, 0) is 32.7 Å². The third-order valence-corrected chi connectivity index (χ3v) is 20.9. The minimum absolute atomic E-state index is 0.0363. The number of unbranched alkanes of at least 4 members (excludes halogenated alkanes) is 64. The van der Waals surface area contributed by atoms with Gasteiger partial charge >= 0.3 is 19.8 Å². The molecule has 0 aromatic carbocycles. The number of nitrogens with zero attached hydrogens (tertiary/aromatic N) is 1. The fourth-order valence-electron chi connectivity index (χ4n) is 13.4. The molecular formula is C86H169NO8P+. The van der Waals surface area contributed by atoms with Gasteiger partial charge in [0.2, 0.25) is 0 Å². The highest BCUT2D eigenvalue weighted by Gasteiger charge is 2.27. The lowest BCUT2D eigenvalue weighted by Crippen LogP contribution is -2.37. The number of allylic oxidation sites excluding steroid dienone is 4. The zero-order valence-corrected chi connectivity index (χ0v) is 66.3. The molecule has 0 aliphatic carbocycles. The Morgan fingerprint density at radius 3 is 0.771 bits per heavy atom. The number of ether oxygens (including phenoxy) is 2. The van der Waals surface area contributed by atoms with E-state index in [1.165, 1.54) is 398 Å². The van der Waals surface area contributed by atoms with Gasteiger partial charge in [0.1, 0.15) is 19.8 Å². The van der Waals surface area contributed by atoms with Gasteiger partial charge in [-0.3, -0.25) is 18.6 Å². The minimum Gasteiger partial charge on any atom is -0.462 e. The molecule has 2 unspecified atom stereocenters. The minimum atomic E-state index is -4.39. The van der Waals surface area contributed by atoms with Gasteiger partial charge < -0.3 is 18.9 Å². The second kappa shape index (κ2) is 77.6. The molecule has 0 saturated carbocycles. The number of hydrogen-bond donors (Lipinski definition) is 1. The van der Waals surface area contributed by atoms with E-state index in [-0.39, 0.29) is 25.6 Å². The number of esters is 2. The molecule has 570 valence electrons. The summed E-state index contributed by atoms with van der Waals surface area (Å²) < 4.78 is 34.9. The molecule has 0 bridgehead atoms. The van der Waals surface area contributed by atoms with Gasteiger partial charge in [-0.2, -0.15) is 0 Å². The molecule has 0 aromatic heterocycles. The van der Waals surface area contributed by atoms with Crippen LogP contribution >= 0.6 is 7.82 Å². The molecule has 0 heterocycles. The van der Waals surface area contributed by atoms with Gasteiger partial charge in [-0.15, -0.1) is 0 Å². The van der Waals surface area contributed by atoms with Gasteiger partial charge in [-0.1, -0.05) is 411 Å².